The molecule has 70 valence electrons. The van der Waals surface area contributed by atoms with E-state index in [0.717, 1.165) is 5.56 Å². The average molecular weight is 200 g/mol. The predicted molar refractivity (Wildman–Crippen MR) is 52.7 cm³/mol. The summed E-state index contributed by atoms with van der Waals surface area (Å²) in [6.45, 7) is 2.05. The summed E-state index contributed by atoms with van der Waals surface area (Å²) < 4.78 is 5.21. The van der Waals surface area contributed by atoms with Gasteiger partial charge in [0.2, 0.25) is 5.24 Å². The molecule has 0 radical (unpaired) electrons. The second-order valence-corrected chi connectivity index (χ2v) is 3.12. The van der Waals surface area contributed by atoms with E-state index in [2.05, 4.69) is 0 Å². The largest absolute Gasteiger partial charge is 1.00 e. The second-order valence-electron chi connectivity index (χ2n) is 2.74. The highest BCUT2D eigenvalue weighted by Gasteiger charge is 2.09. The third-order valence-corrected chi connectivity index (χ3v) is 1.97. The lowest BCUT2D eigenvalue weighted by molar-refractivity contribution is -0.122. The lowest BCUT2D eigenvalue weighted by Gasteiger charge is -2.07. The van der Waals surface area contributed by atoms with Crippen LogP contribution in [0.4, 0.5) is 0 Å². The zero-order valence-electron chi connectivity index (χ0n) is 8.37. The van der Waals surface area contributed by atoms with Crippen LogP contribution in [-0.4, -0.2) is 11.3 Å². The molecule has 0 saturated carbocycles. The third kappa shape index (κ3) is 3.57. The maximum Gasteiger partial charge on any atom is 1.00 e. The molecular weight excluding hydrogens is 188 g/mol. The van der Waals surface area contributed by atoms with Crippen molar-refractivity contribution in [2.45, 2.75) is 19.6 Å². The van der Waals surface area contributed by atoms with Crippen LogP contribution in [0, 0.1) is 0 Å². The van der Waals surface area contributed by atoms with Gasteiger partial charge in [-0.05, 0) is 24.1 Å². The maximum absolute atomic E-state index is 10.6. The predicted octanol–water partition coefficient (Wildman–Crippen LogP) is 2.47. The fourth-order valence-corrected chi connectivity index (χ4v) is 0.924. The molecule has 0 amide bonds. The molecule has 0 heterocycles. The Kier molecular flexibility index (Phi) is 3.93. The topological polar surface area (TPSA) is 26.3 Å². The van der Waals surface area contributed by atoms with Crippen molar-refractivity contribution in [3.05, 3.63) is 35.9 Å². The van der Waals surface area contributed by atoms with Gasteiger partial charge in [0.15, 0.2) is 0 Å². The minimum absolute atomic E-state index is 0. The molecule has 0 fully saturated rings. The monoisotopic (exact) mass is 199 g/mol. The van der Waals surface area contributed by atoms with Gasteiger partial charge in [-0.25, -0.2) is 0 Å². The van der Waals surface area contributed by atoms with E-state index < -0.39 is 11.3 Å². The Morgan fingerprint density at radius 1 is 1.54 bits per heavy atom. The van der Waals surface area contributed by atoms with Crippen LogP contribution in [0.15, 0.2) is 30.3 Å². The van der Waals surface area contributed by atoms with E-state index in [9.17, 15) is 4.79 Å². The van der Waals surface area contributed by atoms with Crippen LogP contribution in [0.3, 0.4) is 0 Å². The molecule has 3 heteroatoms. The van der Waals surface area contributed by atoms with Crippen molar-refractivity contribution in [1.29, 1.82) is 0 Å². The highest BCUT2D eigenvalue weighted by Crippen LogP contribution is 2.04. The van der Waals surface area contributed by atoms with E-state index in [1.165, 1.54) is 0 Å². The average Bonchev–Trinajstić information content (AvgIpc) is 2.15. The molecule has 13 heavy (non-hydrogen) atoms. The van der Waals surface area contributed by atoms with Gasteiger partial charge < -0.3 is 4.74 Å². The molecule has 0 spiro atoms. The summed E-state index contributed by atoms with van der Waals surface area (Å²) in [7, 11) is 0. The summed E-state index contributed by atoms with van der Waals surface area (Å²) in [6, 6.07) is 9.65. The first kappa shape index (κ1) is 10.2. The lowest BCUT2D eigenvalue weighted by atomic mass is 10.2. The Bertz CT molecular complexity index is 277. The Labute approximate surface area is 84.0 Å². The molecule has 1 aromatic carbocycles. The lowest BCUT2D eigenvalue weighted by Crippen LogP contribution is -2.15. The maximum atomic E-state index is 10.6. The Morgan fingerprint density at radius 3 is 2.69 bits per heavy atom. The van der Waals surface area contributed by atoms with Gasteiger partial charge in [-0.2, -0.15) is 0 Å². The zero-order chi connectivity index (χ0) is 9.68. The van der Waals surface area contributed by atoms with Crippen LogP contribution >= 0.6 is 11.6 Å². The number of rotatable bonds is 4. The van der Waals surface area contributed by atoms with Crippen LogP contribution in [0.25, 0.3) is 0 Å². The molecule has 1 aromatic rings. The molecule has 1 atom stereocenters. The van der Waals surface area contributed by atoms with E-state index in [0.29, 0.717) is 6.61 Å². The van der Waals surface area contributed by atoms with E-state index in [-0.39, 0.29) is 1.43 Å². The summed E-state index contributed by atoms with van der Waals surface area (Å²) in [5, 5.41) is -0.462. The highest BCUT2D eigenvalue weighted by atomic mass is 35.5. The Hall–Kier alpha value is -0.860. The molecular formula is C10H12ClO2+. The molecule has 0 N–H and O–H groups in total. The van der Waals surface area contributed by atoms with Gasteiger partial charge in [-0.15, -0.1) is 0 Å². The van der Waals surface area contributed by atoms with E-state index >= 15 is 0 Å². The van der Waals surface area contributed by atoms with Crippen molar-refractivity contribution in [3.63, 3.8) is 0 Å². The standard InChI is InChI=1S/C10H11ClO2/c1-8(10(11)12)13-7-9-5-3-2-4-6-9/h2-6,8H,7H2,1H3/p+1/t8-/m0/s1. The molecule has 0 unspecified atom stereocenters. The van der Waals surface area contributed by atoms with Crippen LogP contribution in [0.5, 0.6) is 0 Å². The van der Waals surface area contributed by atoms with Crippen LogP contribution < -0.4 is 0 Å². The molecule has 0 aliphatic rings. The first-order chi connectivity index (χ1) is 6.20. The van der Waals surface area contributed by atoms with Gasteiger partial charge in [0, 0.05) is 0 Å². The van der Waals surface area contributed by atoms with Crippen LogP contribution in [0.1, 0.15) is 13.9 Å². The van der Waals surface area contributed by atoms with Crippen LogP contribution in [0.2, 0.25) is 0 Å². The first-order valence-corrected chi connectivity index (χ1v) is 4.43. The summed E-state index contributed by atoms with van der Waals surface area (Å²) in [4.78, 5) is 10.6. The molecule has 0 aromatic heterocycles. The molecule has 0 aliphatic heterocycles. The van der Waals surface area contributed by atoms with Gasteiger partial charge in [-0.1, -0.05) is 30.3 Å². The SMILES string of the molecule is C[C@H](OCc1ccccc1)C(=O)Cl.[H+]. The summed E-state index contributed by atoms with van der Waals surface area (Å²) in [6.07, 6.45) is -0.540. The highest BCUT2D eigenvalue weighted by molar-refractivity contribution is 6.64. The number of halogens is 1. The molecule has 2 nitrogen and oxygen atoms in total. The number of carbonyl (C=O) groups is 1. The van der Waals surface area contributed by atoms with Crippen molar-refractivity contribution in [3.8, 4) is 0 Å². The van der Waals surface area contributed by atoms with Crippen molar-refractivity contribution in [2.24, 2.45) is 0 Å². The van der Waals surface area contributed by atoms with Crippen LogP contribution in [-0.2, 0) is 16.1 Å². The number of benzene rings is 1. The first-order valence-electron chi connectivity index (χ1n) is 4.05. The minimum atomic E-state index is -0.540. The van der Waals surface area contributed by atoms with E-state index in [1.807, 2.05) is 30.3 Å². The normalized spacial score (nSPS) is 12.5. The summed E-state index contributed by atoms with van der Waals surface area (Å²) >= 11 is 5.23. The van der Waals surface area contributed by atoms with Crippen molar-refractivity contribution >= 4 is 16.8 Å². The van der Waals surface area contributed by atoms with Gasteiger partial charge in [0.05, 0.1) is 6.61 Å². The van der Waals surface area contributed by atoms with Crippen molar-refractivity contribution in [1.82, 2.24) is 0 Å². The van der Waals surface area contributed by atoms with E-state index in [1.54, 1.807) is 6.92 Å². The van der Waals surface area contributed by atoms with E-state index in [4.69, 9.17) is 16.3 Å². The molecule has 0 saturated heterocycles. The Morgan fingerprint density at radius 2 is 2.15 bits per heavy atom. The van der Waals surface area contributed by atoms with Gasteiger partial charge >= 0.3 is 1.43 Å². The molecule has 0 bridgehead atoms. The Balaban J connectivity index is 0.00000169. The van der Waals surface area contributed by atoms with Crippen molar-refractivity contribution < 1.29 is 11.0 Å². The fourth-order valence-electron chi connectivity index (χ4n) is 0.861. The quantitative estimate of drug-likeness (QED) is 0.697. The van der Waals surface area contributed by atoms with Crippen molar-refractivity contribution in [2.75, 3.05) is 0 Å². The number of hydrogen-bond donors (Lipinski definition) is 0. The molecule has 1 rings (SSSR count). The summed E-state index contributed by atoms with van der Waals surface area (Å²) in [5.41, 5.74) is 1.03. The van der Waals surface area contributed by atoms with Gasteiger partial charge in [0.25, 0.3) is 0 Å². The zero-order valence-corrected chi connectivity index (χ0v) is 8.12. The second kappa shape index (κ2) is 5.00. The number of hydrogen-bond acceptors (Lipinski definition) is 2. The summed E-state index contributed by atoms with van der Waals surface area (Å²) in [5.74, 6) is 0. The smallest absolute Gasteiger partial charge is 0.365 e. The van der Waals surface area contributed by atoms with Gasteiger partial charge in [0.1, 0.15) is 6.10 Å². The molecule has 0 aliphatic carbocycles. The number of carbonyl (C=O) groups excluding carboxylic acids is 1. The minimum Gasteiger partial charge on any atom is -0.365 e. The number of ether oxygens (including phenoxy) is 1. The fraction of sp³-hybridized carbons (Fsp3) is 0.300. The van der Waals surface area contributed by atoms with Gasteiger partial charge in [-0.3, -0.25) is 4.79 Å². The third-order valence-electron chi connectivity index (χ3n) is 1.66.